The number of benzene rings is 2. The number of carboxylic acids is 4. The largest absolute Gasteiger partial charge is 0.481 e. The van der Waals surface area contributed by atoms with Crippen LogP contribution in [0.2, 0.25) is 0 Å². The Morgan fingerprint density at radius 3 is 1.51 bits per heavy atom. The lowest BCUT2D eigenvalue weighted by Gasteiger charge is -2.28. The van der Waals surface area contributed by atoms with Gasteiger partial charge >= 0.3 is 23.9 Å². The number of hydrogen-bond acceptors (Lipinski definition) is 11. The van der Waals surface area contributed by atoms with Crippen molar-refractivity contribution in [2.45, 2.75) is 123 Å². The molecule has 18 heteroatoms. The number of hydrazine groups is 1. The number of fused-ring (bicyclic) bond motifs is 2. The van der Waals surface area contributed by atoms with Gasteiger partial charge in [-0.1, -0.05) is 64.1 Å². The van der Waals surface area contributed by atoms with Crippen LogP contribution in [0.3, 0.4) is 0 Å². The highest BCUT2D eigenvalue weighted by Crippen LogP contribution is 2.37. The Bertz CT molecular complexity index is 2000. The summed E-state index contributed by atoms with van der Waals surface area (Å²) < 4.78 is 10.8. The summed E-state index contributed by atoms with van der Waals surface area (Å²) in [6.07, 6.45) is 5.23. The van der Waals surface area contributed by atoms with Crippen molar-refractivity contribution < 1.29 is 63.5 Å². The third-order valence-corrected chi connectivity index (χ3v) is 13.6. The van der Waals surface area contributed by atoms with Crippen LogP contribution < -0.4 is 21.9 Å². The molecule has 384 valence electrons. The lowest BCUT2D eigenvalue weighted by atomic mass is 9.77. The van der Waals surface area contributed by atoms with Crippen LogP contribution in [0.15, 0.2) is 36.4 Å². The number of nitrogens with two attached hydrogens (primary N) is 1. The Hall–Kier alpha value is -5.04. The van der Waals surface area contributed by atoms with Crippen molar-refractivity contribution in [3.63, 3.8) is 0 Å². The molecule has 0 aliphatic heterocycles. The summed E-state index contributed by atoms with van der Waals surface area (Å²) in [6, 6.07) is 12.2. The number of carbonyl (C=O) groups excluding carboxylic acids is 3. The van der Waals surface area contributed by atoms with Crippen LogP contribution in [0.4, 0.5) is 0 Å². The smallest absolute Gasteiger partial charge is 0.306 e. The van der Waals surface area contributed by atoms with Crippen LogP contribution in [0.25, 0.3) is 0 Å². The van der Waals surface area contributed by atoms with Crippen molar-refractivity contribution in [3.05, 3.63) is 69.8 Å². The molecule has 3 rings (SSSR count). The van der Waals surface area contributed by atoms with Gasteiger partial charge in [-0.15, -0.1) is 0 Å². The highest BCUT2D eigenvalue weighted by Gasteiger charge is 2.34. The average Bonchev–Trinajstić information content (AvgIpc) is 3.31. The van der Waals surface area contributed by atoms with Crippen molar-refractivity contribution in [3.8, 4) is 0 Å². The highest BCUT2D eigenvalue weighted by atomic mass is 32.1. The highest BCUT2D eigenvalue weighted by molar-refractivity contribution is 7.80. The molecular weight excluding hydrogens is 909 g/mol. The first-order valence-electron chi connectivity index (χ1n) is 24.3. The monoisotopic (exact) mass is 985 g/mol. The van der Waals surface area contributed by atoms with Gasteiger partial charge in [-0.2, -0.15) is 12.6 Å². The summed E-state index contributed by atoms with van der Waals surface area (Å²) in [5.41, 5.74) is 8.22. The quantitative estimate of drug-likeness (QED) is 0.0140. The van der Waals surface area contributed by atoms with E-state index in [1.807, 2.05) is 23.6 Å². The zero-order chi connectivity index (χ0) is 51.0. The number of carbonyl (C=O) groups is 7. The standard InChI is InChI=1S/C51H76N4O13S/c1-31(46(57)54-17-19-68-21-20-67-18-15-45(56)55-52)23-43(47(58)53-16-5-6-22-69)30-44(51(65)66)29-42(26-34(4)50(63)64)40-14-10-36-7-11-37-27-39(13-9-35(37)8-12-38(36)28-40)41(24-32(2)48(59)60)25-33(3)49(61)62/h9-10,13-14,27-28,31-34,41-44,69H,5-8,11-12,15-26,29-30,52H2,1-4H3,(H,53,58)(H,54,57)(H,55,56)(H,59,60)(H,61,62)(H,63,64)(H,65,66). The molecule has 7 unspecified atom stereocenters. The van der Waals surface area contributed by atoms with Gasteiger partial charge in [-0.3, -0.25) is 39.0 Å². The molecule has 17 nitrogen and oxygen atoms in total. The number of hydrogen-bond donors (Lipinski definition) is 9. The van der Waals surface area contributed by atoms with Gasteiger partial charge in [0.15, 0.2) is 0 Å². The summed E-state index contributed by atoms with van der Waals surface area (Å²) in [7, 11) is 0. The molecule has 3 amide bonds. The van der Waals surface area contributed by atoms with Crippen LogP contribution in [0.5, 0.6) is 0 Å². The molecular formula is C51H76N4O13S. The van der Waals surface area contributed by atoms with Crippen molar-refractivity contribution >= 4 is 54.2 Å². The number of aryl methyl sites for hydroxylation is 4. The molecule has 69 heavy (non-hydrogen) atoms. The Balaban J connectivity index is 1.80. The van der Waals surface area contributed by atoms with Gasteiger partial charge in [0, 0.05) is 24.9 Å². The normalized spacial score (nSPS) is 15.8. The average molecular weight is 985 g/mol. The van der Waals surface area contributed by atoms with E-state index in [4.69, 9.17) is 15.3 Å². The second-order valence-electron chi connectivity index (χ2n) is 18.8. The molecule has 9 N–H and O–H groups in total. The molecule has 1 aliphatic rings. The molecule has 0 aromatic heterocycles. The Labute approximate surface area is 411 Å². The van der Waals surface area contributed by atoms with E-state index in [0.29, 0.717) is 57.2 Å². The van der Waals surface area contributed by atoms with E-state index < -0.39 is 65.3 Å². The Morgan fingerprint density at radius 1 is 0.551 bits per heavy atom. The second kappa shape index (κ2) is 30.5. The number of aliphatic carboxylic acids is 4. The first kappa shape index (κ1) is 58.3. The Kier molecular flexibility index (Phi) is 25.8. The maximum atomic E-state index is 13.8. The number of thiol groups is 1. The van der Waals surface area contributed by atoms with E-state index in [1.165, 1.54) is 0 Å². The number of carboxylic acid groups (broad SMARTS) is 4. The van der Waals surface area contributed by atoms with Crippen LogP contribution in [-0.2, 0) is 68.7 Å². The summed E-state index contributed by atoms with van der Waals surface area (Å²) in [4.78, 5) is 87.1. The first-order chi connectivity index (χ1) is 32.8. The molecule has 2 aromatic carbocycles. The SMILES string of the molecule is CC(CC(CC(C)C(=O)O)c1ccc2c(c1)CCc1ccc(C(CC(C)C(=O)O)CC(CC(CC(C)C(=O)NCCOCCOCCC(=O)NN)C(=O)NCCCCS)C(=O)O)cc1CC2)C(=O)O. The predicted octanol–water partition coefficient (Wildman–Crippen LogP) is 5.55. The second-order valence-corrected chi connectivity index (χ2v) is 19.2. The van der Waals surface area contributed by atoms with Crippen molar-refractivity contribution in [2.75, 3.05) is 45.3 Å². The minimum Gasteiger partial charge on any atom is -0.481 e. The predicted molar refractivity (Wildman–Crippen MR) is 263 cm³/mol. The van der Waals surface area contributed by atoms with E-state index in [-0.39, 0.29) is 88.7 Å². The van der Waals surface area contributed by atoms with E-state index >= 15 is 0 Å². The number of rotatable bonds is 33. The number of amides is 3. The number of unbranched alkanes of at least 4 members (excludes halogenated alkanes) is 1. The lowest BCUT2D eigenvalue weighted by molar-refractivity contribution is -0.144. The summed E-state index contributed by atoms with van der Waals surface area (Å²) in [5, 5.41) is 45.8. The molecule has 0 heterocycles. The summed E-state index contributed by atoms with van der Waals surface area (Å²) in [5.74, 6) is -4.61. The number of ether oxygens (including phenoxy) is 2. The molecule has 0 saturated heterocycles. The Morgan fingerprint density at radius 2 is 1.03 bits per heavy atom. The van der Waals surface area contributed by atoms with E-state index in [1.54, 1.807) is 27.7 Å². The van der Waals surface area contributed by atoms with E-state index in [9.17, 15) is 54.0 Å². The lowest BCUT2D eigenvalue weighted by Crippen LogP contribution is -2.38. The van der Waals surface area contributed by atoms with Gasteiger partial charge in [0.1, 0.15) is 0 Å². The van der Waals surface area contributed by atoms with Gasteiger partial charge in [0.05, 0.1) is 56.5 Å². The minimum atomic E-state index is -1.11. The maximum absolute atomic E-state index is 13.8. The molecule has 7 atom stereocenters. The molecule has 0 radical (unpaired) electrons. The first-order valence-corrected chi connectivity index (χ1v) is 24.9. The van der Waals surface area contributed by atoms with Crippen molar-refractivity contribution in [1.29, 1.82) is 0 Å². The third kappa shape index (κ3) is 20.5. The van der Waals surface area contributed by atoms with Gasteiger partial charge < -0.3 is 40.5 Å². The van der Waals surface area contributed by atoms with E-state index in [0.717, 1.165) is 39.8 Å². The molecule has 0 saturated carbocycles. The van der Waals surface area contributed by atoms with Gasteiger partial charge in [-0.05, 0) is 128 Å². The summed E-state index contributed by atoms with van der Waals surface area (Å²) >= 11 is 4.25. The van der Waals surface area contributed by atoms with Gasteiger partial charge in [-0.25, -0.2) is 5.84 Å². The maximum Gasteiger partial charge on any atom is 0.306 e. The minimum absolute atomic E-state index is 0.0611. The van der Waals surface area contributed by atoms with E-state index in [2.05, 4.69) is 41.5 Å². The number of nitrogens with one attached hydrogen (secondary N) is 3. The fraction of sp³-hybridized carbons (Fsp3) is 0.627. The van der Waals surface area contributed by atoms with Gasteiger partial charge in [0.2, 0.25) is 17.7 Å². The van der Waals surface area contributed by atoms with Crippen molar-refractivity contribution in [2.24, 2.45) is 41.4 Å². The molecule has 0 bridgehead atoms. The van der Waals surface area contributed by atoms with Crippen molar-refractivity contribution in [1.82, 2.24) is 16.1 Å². The van der Waals surface area contributed by atoms with Crippen LogP contribution >= 0.6 is 12.6 Å². The van der Waals surface area contributed by atoms with Crippen LogP contribution in [-0.4, -0.2) is 107 Å². The van der Waals surface area contributed by atoms with Crippen LogP contribution in [0.1, 0.15) is 131 Å². The molecule has 2 aromatic rings. The zero-order valence-electron chi connectivity index (χ0n) is 40.7. The molecule has 0 spiro atoms. The van der Waals surface area contributed by atoms with Gasteiger partial charge in [0.25, 0.3) is 0 Å². The summed E-state index contributed by atoms with van der Waals surface area (Å²) in [6.45, 7) is 8.01. The topological polar surface area (TPSA) is 281 Å². The fourth-order valence-corrected chi connectivity index (χ4v) is 9.24. The zero-order valence-corrected chi connectivity index (χ0v) is 41.6. The fourth-order valence-electron chi connectivity index (χ4n) is 9.01. The molecule has 1 aliphatic carbocycles. The van der Waals surface area contributed by atoms with Crippen LogP contribution in [0, 0.1) is 35.5 Å². The molecule has 0 fully saturated rings. The third-order valence-electron chi connectivity index (χ3n) is 13.3.